The molecule has 3 aliphatic rings. The van der Waals surface area contributed by atoms with Crippen LogP contribution in [-0.2, 0) is 0 Å². The van der Waals surface area contributed by atoms with Gasteiger partial charge in [-0.25, -0.2) is 8.78 Å². The van der Waals surface area contributed by atoms with Crippen LogP contribution in [0.2, 0.25) is 5.02 Å². The van der Waals surface area contributed by atoms with Crippen LogP contribution in [0.5, 0.6) is 6.01 Å². The van der Waals surface area contributed by atoms with E-state index >= 15 is 4.39 Å². The van der Waals surface area contributed by atoms with E-state index in [9.17, 15) is 4.39 Å². The highest BCUT2D eigenvalue weighted by molar-refractivity contribution is 6.34. The van der Waals surface area contributed by atoms with Crippen LogP contribution in [0.15, 0.2) is 24.3 Å². The van der Waals surface area contributed by atoms with Gasteiger partial charge >= 0.3 is 6.01 Å². The van der Waals surface area contributed by atoms with Crippen molar-refractivity contribution in [2.75, 3.05) is 43.4 Å². The summed E-state index contributed by atoms with van der Waals surface area (Å²) in [6, 6.07) is 6.30. The first kappa shape index (κ1) is 24.6. The highest BCUT2D eigenvalue weighted by Gasteiger charge is 2.45. The van der Waals surface area contributed by atoms with E-state index in [1.54, 1.807) is 12.1 Å². The average Bonchev–Trinajstić information content (AvgIpc) is 3.35. The van der Waals surface area contributed by atoms with Crippen LogP contribution in [0.3, 0.4) is 0 Å². The Labute approximate surface area is 220 Å². The zero-order chi connectivity index (χ0) is 25.6. The molecule has 0 atom stereocenters. The lowest BCUT2D eigenvalue weighted by Gasteiger charge is -2.31. The standard InChI is InChI=1S/C28H32ClF2N5O/c29-20-16-19-25(24(31)22(20)18-8-5-9-21(32)23(18)30)33-27(34-26(19)35-12-3-1-2-4-13-35)37-17-28-10-6-14-36(28)15-7-11-28/h5,8-9,16H,1-4,6-7,10-15,17,32H2. The number of rotatable bonds is 5. The van der Waals surface area contributed by atoms with Gasteiger partial charge in [0.15, 0.2) is 11.6 Å². The van der Waals surface area contributed by atoms with Crippen molar-refractivity contribution in [2.24, 2.45) is 0 Å². The van der Waals surface area contributed by atoms with Crippen molar-refractivity contribution >= 4 is 34.0 Å². The van der Waals surface area contributed by atoms with Gasteiger partial charge in [-0.2, -0.15) is 9.97 Å². The van der Waals surface area contributed by atoms with Gasteiger partial charge in [-0.15, -0.1) is 0 Å². The molecule has 0 amide bonds. The SMILES string of the molecule is Nc1cccc(-c2c(Cl)cc3c(N4CCCCCC4)nc(OCC45CCCN4CCC5)nc3c2F)c1F. The lowest BCUT2D eigenvalue weighted by atomic mass is 9.95. The number of halogens is 3. The molecule has 3 aliphatic heterocycles. The summed E-state index contributed by atoms with van der Waals surface area (Å²) in [5.74, 6) is -0.783. The molecule has 1 aromatic heterocycles. The van der Waals surface area contributed by atoms with Gasteiger partial charge in [0.1, 0.15) is 17.9 Å². The second-order valence-electron chi connectivity index (χ2n) is 10.6. The maximum atomic E-state index is 16.2. The Morgan fingerprint density at radius 2 is 1.68 bits per heavy atom. The smallest absolute Gasteiger partial charge is 0.319 e. The van der Waals surface area contributed by atoms with Crippen LogP contribution in [0.4, 0.5) is 20.3 Å². The molecule has 0 spiro atoms. The van der Waals surface area contributed by atoms with E-state index in [2.05, 4.69) is 14.8 Å². The minimum absolute atomic E-state index is 0.00763. The topological polar surface area (TPSA) is 67.5 Å². The van der Waals surface area contributed by atoms with Crippen molar-refractivity contribution in [3.63, 3.8) is 0 Å². The third kappa shape index (κ3) is 4.38. The molecule has 2 N–H and O–H groups in total. The molecular formula is C28H32ClF2N5O. The highest BCUT2D eigenvalue weighted by Crippen LogP contribution is 2.42. The number of nitrogen functional groups attached to an aromatic ring is 1. The first-order valence-corrected chi connectivity index (χ1v) is 13.7. The Morgan fingerprint density at radius 1 is 0.946 bits per heavy atom. The van der Waals surface area contributed by atoms with Crippen molar-refractivity contribution in [3.05, 3.63) is 40.9 Å². The second-order valence-corrected chi connectivity index (χ2v) is 11.0. The third-order valence-corrected chi connectivity index (χ3v) is 8.63. The fraction of sp³-hybridized carbons (Fsp3) is 0.500. The van der Waals surface area contributed by atoms with E-state index in [0.717, 1.165) is 77.5 Å². The molecule has 0 unspecified atom stereocenters. The molecule has 0 saturated carbocycles. The van der Waals surface area contributed by atoms with Crippen molar-refractivity contribution in [1.29, 1.82) is 0 Å². The molecule has 37 heavy (non-hydrogen) atoms. The van der Waals surface area contributed by atoms with Gasteiger partial charge in [-0.05, 0) is 63.7 Å². The lowest BCUT2D eigenvalue weighted by molar-refractivity contribution is 0.108. The van der Waals surface area contributed by atoms with E-state index in [4.69, 9.17) is 27.1 Å². The van der Waals surface area contributed by atoms with Crippen molar-refractivity contribution < 1.29 is 13.5 Å². The highest BCUT2D eigenvalue weighted by atomic mass is 35.5. The van der Waals surface area contributed by atoms with Crippen molar-refractivity contribution in [3.8, 4) is 17.1 Å². The Hall–Kier alpha value is -2.71. The van der Waals surface area contributed by atoms with Gasteiger partial charge in [-0.3, -0.25) is 4.90 Å². The average molecular weight is 528 g/mol. The van der Waals surface area contributed by atoms with Crippen LogP contribution in [0.25, 0.3) is 22.0 Å². The normalized spacial score (nSPS) is 19.8. The van der Waals surface area contributed by atoms with Gasteiger partial charge in [0.25, 0.3) is 0 Å². The summed E-state index contributed by atoms with van der Waals surface area (Å²) >= 11 is 6.60. The molecule has 6 rings (SSSR count). The monoisotopic (exact) mass is 527 g/mol. The minimum Gasteiger partial charge on any atom is -0.461 e. The fourth-order valence-electron chi connectivity index (χ4n) is 6.40. The van der Waals surface area contributed by atoms with Crippen LogP contribution < -0.4 is 15.4 Å². The number of nitrogens with zero attached hydrogens (tertiary/aromatic N) is 4. The van der Waals surface area contributed by atoms with Crippen LogP contribution >= 0.6 is 11.6 Å². The van der Waals surface area contributed by atoms with Crippen molar-refractivity contribution in [2.45, 2.75) is 56.9 Å². The Kier molecular flexibility index (Phi) is 6.57. The van der Waals surface area contributed by atoms with E-state index in [1.807, 2.05) is 0 Å². The lowest BCUT2D eigenvalue weighted by Crippen LogP contribution is -2.43. The second kappa shape index (κ2) is 9.87. The van der Waals surface area contributed by atoms with Crippen LogP contribution in [0.1, 0.15) is 51.4 Å². The van der Waals surface area contributed by atoms with E-state index in [1.165, 1.54) is 12.1 Å². The molecule has 6 nitrogen and oxygen atoms in total. The van der Waals surface area contributed by atoms with Gasteiger partial charge in [0.05, 0.1) is 16.2 Å². The predicted octanol–water partition coefficient (Wildman–Crippen LogP) is 6.20. The molecule has 3 aromatic rings. The quantitative estimate of drug-likeness (QED) is 0.399. The summed E-state index contributed by atoms with van der Waals surface area (Å²) in [4.78, 5) is 14.0. The fourth-order valence-corrected chi connectivity index (χ4v) is 6.69. The first-order valence-electron chi connectivity index (χ1n) is 13.3. The van der Waals surface area contributed by atoms with Gasteiger partial charge in [0, 0.05) is 29.6 Å². The number of hydrogen-bond acceptors (Lipinski definition) is 6. The Bertz CT molecular complexity index is 1320. The van der Waals surface area contributed by atoms with Gasteiger partial charge < -0.3 is 15.4 Å². The first-order chi connectivity index (χ1) is 18.0. The number of anilines is 2. The molecule has 2 aromatic carbocycles. The number of fused-ring (bicyclic) bond motifs is 2. The minimum atomic E-state index is -0.706. The Balaban J connectivity index is 1.47. The third-order valence-electron chi connectivity index (χ3n) is 8.33. The molecule has 196 valence electrons. The van der Waals surface area contributed by atoms with Crippen LogP contribution in [0, 0.1) is 11.6 Å². The van der Waals surface area contributed by atoms with Gasteiger partial charge in [0.2, 0.25) is 0 Å². The number of nitrogens with two attached hydrogens (primary N) is 1. The zero-order valence-electron chi connectivity index (χ0n) is 20.9. The summed E-state index contributed by atoms with van der Waals surface area (Å²) in [7, 11) is 0. The zero-order valence-corrected chi connectivity index (χ0v) is 21.7. The molecule has 4 heterocycles. The summed E-state index contributed by atoms with van der Waals surface area (Å²) in [6.07, 6.45) is 8.84. The maximum absolute atomic E-state index is 16.2. The number of hydrogen-bond donors (Lipinski definition) is 1. The number of ether oxygens (including phenoxy) is 1. The molecule has 9 heteroatoms. The summed E-state index contributed by atoms with van der Waals surface area (Å²) in [5.41, 5.74) is 5.75. The summed E-state index contributed by atoms with van der Waals surface area (Å²) in [6.45, 7) is 4.28. The molecule has 0 aliphatic carbocycles. The molecule has 0 bridgehead atoms. The van der Waals surface area contributed by atoms with Gasteiger partial charge in [-0.1, -0.05) is 36.6 Å². The van der Waals surface area contributed by atoms with E-state index in [-0.39, 0.29) is 38.9 Å². The number of aromatic nitrogens is 2. The number of benzene rings is 2. The summed E-state index contributed by atoms with van der Waals surface area (Å²) < 4.78 is 37.4. The van der Waals surface area contributed by atoms with Crippen LogP contribution in [-0.4, -0.2) is 53.2 Å². The largest absolute Gasteiger partial charge is 0.461 e. The van der Waals surface area contributed by atoms with E-state index < -0.39 is 11.6 Å². The molecular weight excluding hydrogens is 496 g/mol. The molecule has 3 fully saturated rings. The Morgan fingerprint density at radius 3 is 2.41 bits per heavy atom. The van der Waals surface area contributed by atoms with Crippen molar-refractivity contribution in [1.82, 2.24) is 14.9 Å². The van der Waals surface area contributed by atoms with E-state index in [0.29, 0.717) is 17.8 Å². The molecule has 3 saturated heterocycles. The molecule has 0 radical (unpaired) electrons. The summed E-state index contributed by atoms with van der Waals surface area (Å²) in [5, 5.41) is 0.598. The maximum Gasteiger partial charge on any atom is 0.319 e. The predicted molar refractivity (Wildman–Crippen MR) is 143 cm³/mol.